The van der Waals surface area contributed by atoms with Crippen molar-refractivity contribution in [3.05, 3.63) is 67.7 Å². The van der Waals surface area contributed by atoms with Crippen LogP contribution in [0, 0.1) is 17.0 Å². The van der Waals surface area contributed by atoms with Gasteiger partial charge in [0.25, 0.3) is 5.69 Å². The third-order valence-electron chi connectivity index (χ3n) is 3.05. The molecule has 0 aliphatic carbocycles. The Balaban J connectivity index is 2.13. The van der Waals surface area contributed by atoms with Crippen LogP contribution in [-0.2, 0) is 0 Å². The molecule has 0 unspecified atom stereocenters. The lowest BCUT2D eigenvalue weighted by Gasteiger charge is -2.09. The van der Waals surface area contributed by atoms with Crippen molar-refractivity contribution in [2.24, 2.45) is 0 Å². The van der Waals surface area contributed by atoms with Crippen molar-refractivity contribution < 1.29 is 14.5 Å². The van der Waals surface area contributed by atoms with Gasteiger partial charge >= 0.3 is 0 Å². The van der Waals surface area contributed by atoms with Gasteiger partial charge in [-0.15, -0.1) is 0 Å². The number of nitro groups is 1. The van der Waals surface area contributed by atoms with Crippen LogP contribution >= 0.6 is 23.2 Å². The first kappa shape index (κ1) is 16.3. The maximum absolute atomic E-state index is 12.1. The van der Waals surface area contributed by atoms with Crippen molar-refractivity contribution >= 4 is 34.7 Å². The van der Waals surface area contributed by atoms with Crippen LogP contribution in [0.2, 0.25) is 10.0 Å². The highest BCUT2D eigenvalue weighted by Gasteiger charge is 2.15. The van der Waals surface area contributed by atoms with Crippen molar-refractivity contribution in [3.63, 3.8) is 0 Å². The molecule has 22 heavy (non-hydrogen) atoms. The van der Waals surface area contributed by atoms with Gasteiger partial charge in [0, 0.05) is 11.6 Å². The minimum Gasteiger partial charge on any atom is -0.485 e. The second-order valence-corrected chi connectivity index (χ2v) is 5.31. The Morgan fingerprint density at radius 2 is 1.95 bits per heavy atom. The summed E-state index contributed by atoms with van der Waals surface area (Å²) in [5.41, 5.74) is 0.673. The molecule has 0 atom stereocenters. The zero-order chi connectivity index (χ0) is 16.3. The second-order valence-electron chi connectivity index (χ2n) is 4.50. The van der Waals surface area contributed by atoms with Crippen molar-refractivity contribution in [2.75, 3.05) is 6.61 Å². The summed E-state index contributed by atoms with van der Waals surface area (Å²) in [7, 11) is 0. The molecule has 0 spiro atoms. The SMILES string of the molecule is Cc1c(OCC(=O)c2ccc(Cl)c(Cl)c2)cccc1[N+](=O)[O-]. The van der Waals surface area contributed by atoms with E-state index in [1.807, 2.05) is 0 Å². The van der Waals surface area contributed by atoms with Gasteiger partial charge < -0.3 is 4.74 Å². The molecule has 7 heteroatoms. The number of ether oxygens (including phenoxy) is 1. The fourth-order valence-corrected chi connectivity index (χ4v) is 2.15. The summed E-state index contributed by atoms with van der Waals surface area (Å²) in [5.74, 6) is -0.00733. The van der Waals surface area contributed by atoms with E-state index >= 15 is 0 Å². The van der Waals surface area contributed by atoms with E-state index in [1.165, 1.54) is 24.3 Å². The zero-order valence-electron chi connectivity index (χ0n) is 11.5. The van der Waals surface area contributed by atoms with E-state index in [4.69, 9.17) is 27.9 Å². The lowest BCUT2D eigenvalue weighted by Crippen LogP contribution is -2.12. The van der Waals surface area contributed by atoms with Gasteiger partial charge in [0.05, 0.1) is 20.5 Å². The Kier molecular flexibility index (Phi) is 5.00. The molecule has 0 heterocycles. The standard InChI is InChI=1S/C15H11Cl2NO4/c1-9-13(18(20)21)3-2-4-15(9)22-8-14(19)10-5-6-11(16)12(17)7-10/h2-7H,8H2,1H3. The topological polar surface area (TPSA) is 69.4 Å². The molecule has 0 aliphatic heterocycles. The molecular weight excluding hydrogens is 329 g/mol. The summed E-state index contributed by atoms with van der Waals surface area (Å²) in [5, 5.41) is 11.5. The third-order valence-corrected chi connectivity index (χ3v) is 3.79. The highest BCUT2D eigenvalue weighted by molar-refractivity contribution is 6.42. The van der Waals surface area contributed by atoms with Crippen LogP contribution in [0.1, 0.15) is 15.9 Å². The average molecular weight is 340 g/mol. The van der Waals surface area contributed by atoms with E-state index in [0.29, 0.717) is 21.9 Å². The van der Waals surface area contributed by atoms with E-state index in [-0.39, 0.29) is 23.1 Å². The third kappa shape index (κ3) is 3.55. The van der Waals surface area contributed by atoms with E-state index < -0.39 is 4.92 Å². The molecule has 0 amide bonds. The number of halogens is 2. The summed E-state index contributed by atoms with van der Waals surface area (Å²) in [6.07, 6.45) is 0. The number of Topliss-reactive ketones (excluding diaryl/α,β-unsaturated/α-hetero) is 1. The number of hydrogen-bond acceptors (Lipinski definition) is 4. The monoisotopic (exact) mass is 339 g/mol. The van der Waals surface area contributed by atoms with Gasteiger partial charge in [0.2, 0.25) is 0 Å². The molecule has 0 aromatic heterocycles. The van der Waals surface area contributed by atoms with Crippen molar-refractivity contribution in [2.45, 2.75) is 6.92 Å². The van der Waals surface area contributed by atoms with Crippen LogP contribution in [0.25, 0.3) is 0 Å². The zero-order valence-corrected chi connectivity index (χ0v) is 13.0. The van der Waals surface area contributed by atoms with E-state index in [2.05, 4.69) is 0 Å². The first-order valence-corrected chi connectivity index (χ1v) is 7.01. The number of nitro benzene ring substituents is 1. The predicted molar refractivity (Wildman–Crippen MR) is 84.1 cm³/mol. The van der Waals surface area contributed by atoms with Crippen molar-refractivity contribution in [3.8, 4) is 5.75 Å². The Bertz CT molecular complexity index is 746. The molecule has 0 N–H and O–H groups in total. The van der Waals surface area contributed by atoms with E-state index in [1.54, 1.807) is 19.1 Å². The molecule has 0 aliphatic rings. The van der Waals surface area contributed by atoms with Crippen molar-refractivity contribution in [1.82, 2.24) is 0 Å². The molecule has 0 saturated heterocycles. The van der Waals surface area contributed by atoms with Gasteiger partial charge in [-0.2, -0.15) is 0 Å². The molecule has 5 nitrogen and oxygen atoms in total. The molecule has 0 fully saturated rings. The number of hydrogen-bond donors (Lipinski definition) is 0. The lowest BCUT2D eigenvalue weighted by atomic mass is 10.1. The number of nitrogens with zero attached hydrogens (tertiary/aromatic N) is 1. The van der Waals surface area contributed by atoms with Crippen LogP contribution in [0.15, 0.2) is 36.4 Å². The number of carbonyl (C=O) groups is 1. The van der Waals surface area contributed by atoms with Gasteiger partial charge in [-0.25, -0.2) is 0 Å². The molecule has 0 saturated carbocycles. The maximum Gasteiger partial charge on any atom is 0.276 e. The minimum atomic E-state index is -0.497. The largest absolute Gasteiger partial charge is 0.485 e. The maximum atomic E-state index is 12.1. The summed E-state index contributed by atoms with van der Waals surface area (Å²) in [4.78, 5) is 22.4. The van der Waals surface area contributed by atoms with Crippen LogP contribution in [0.4, 0.5) is 5.69 Å². The molecule has 114 valence electrons. The lowest BCUT2D eigenvalue weighted by molar-refractivity contribution is -0.385. The fraction of sp³-hybridized carbons (Fsp3) is 0.133. The summed E-state index contributed by atoms with van der Waals surface area (Å²) in [6, 6.07) is 8.98. The number of carbonyl (C=O) groups excluding carboxylic acids is 1. The van der Waals surface area contributed by atoms with E-state index in [9.17, 15) is 14.9 Å². The number of rotatable bonds is 5. The molecule has 2 aromatic rings. The smallest absolute Gasteiger partial charge is 0.276 e. The highest BCUT2D eigenvalue weighted by atomic mass is 35.5. The second kappa shape index (κ2) is 6.77. The molecular formula is C15H11Cl2NO4. The number of benzene rings is 2. The first-order chi connectivity index (χ1) is 10.4. The van der Waals surface area contributed by atoms with Gasteiger partial charge in [-0.1, -0.05) is 29.3 Å². The Labute approximate surface area is 136 Å². The minimum absolute atomic E-state index is 0.0560. The molecule has 2 rings (SSSR count). The summed E-state index contributed by atoms with van der Waals surface area (Å²) >= 11 is 11.6. The molecule has 0 radical (unpaired) electrons. The summed E-state index contributed by atoms with van der Waals surface area (Å²) in [6.45, 7) is 1.32. The average Bonchev–Trinajstić information content (AvgIpc) is 2.48. The highest BCUT2D eigenvalue weighted by Crippen LogP contribution is 2.27. The Morgan fingerprint density at radius 3 is 2.59 bits per heavy atom. The molecule has 2 aromatic carbocycles. The van der Waals surface area contributed by atoms with Crippen molar-refractivity contribution in [1.29, 1.82) is 0 Å². The Morgan fingerprint density at radius 1 is 1.23 bits per heavy atom. The quantitative estimate of drug-likeness (QED) is 0.457. The Hall–Kier alpha value is -2.11. The fourth-order valence-electron chi connectivity index (χ4n) is 1.85. The van der Waals surface area contributed by atoms with Gasteiger partial charge in [-0.05, 0) is 31.2 Å². The first-order valence-electron chi connectivity index (χ1n) is 6.25. The molecule has 0 bridgehead atoms. The van der Waals surface area contributed by atoms with Crippen LogP contribution in [-0.4, -0.2) is 17.3 Å². The van der Waals surface area contributed by atoms with Crippen LogP contribution in [0.3, 0.4) is 0 Å². The number of ketones is 1. The van der Waals surface area contributed by atoms with Crippen LogP contribution < -0.4 is 4.74 Å². The normalized spacial score (nSPS) is 10.3. The van der Waals surface area contributed by atoms with Gasteiger partial charge in [0.1, 0.15) is 5.75 Å². The van der Waals surface area contributed by atoms with Crippen LogP contribution in [0.5, 0.6) is 5.75 Å². The summed E-state index contributed by atoms with van der Waals surface area (Å²) < 4.78 is 5.38. The van der Waals surface area contributed by atoms with Gasteiger partial charge in [-0.3, -0.25) is 14.9 Å². The van der Waals surface area contributed by atoms with Gasteiger partial charge in [0.15, 0.2) is 12.4 Å². The van der Waals surface area contributed by atoms with E-state index in [0.717, 1.165) is 0 Å². The predicted octanol–water partition coefficient (Wildman–Crippen LogP) is 4.47.